The molecule has 2 aromatic carbocycles. The minimum Gasteiger partial charge on any atom is -0.422 e. The van der Waals surface area contributed by atoms with Crippen LogP contribution in [-0.4, -0.2) is 36.8 Å². The van der Waals surface area contributed by atoms with Crippen LogP contribution >= 0.6 is 0 Å². The summed E-state index contributed by atoms with van der Waals surface area (Å²) in [6.45, 7) is 0.0611. The Bertz CT molecular complexity index is 1230. The molecule has 3 aromatic rings. The van der Waals surface area contributed by atoms with Gasteiger partial charge in [-0.25, -0.2) is 17.6 Å². The van der Waals surface area contributed by atoms with Crippen molar-refractivity contribution in [1.82, 2.24) is 4.90 Å². The normalized spacial score (nSPS) is 18.0. The Morgan fingerprint density at radius 3 is 2.55 bits per heavy atom. The Morgan fingerprint density at radius 1 is 1.14 bits per heavy atom. The number of hydrogen-bond donors (Lipinski definition) is 0. The van der Waals surface area contributed by atoms with Crippen LogP contribution in [0.4, 0.5) is 4.39 Å². The van der Waals surface area contributed by atoms with Gasteiger partial charge in [-0.15, -0.1) is 0 Å². The standard InChI is InChI=1S/C21H18FNO5S/c22-16-7-5-14(6-8-16)12-23(17-9-10-29(26,27)13-17)20(24)18-11-15-3-1-2-4-19(15)28-21(18)25/h1-8,11,17H,9-10,12-13H2/t17-/m0/s1. The van der Waals surface area contributed by atoms with E-state index in [-0.39, 0.29) is 30.0 Å². The molecule has 0 N–H and O–H groups in total. The minimum absolute atomic E-state index is 0.0167. The van der Waals surface area contributed by atoms with Gasteiger partial charge in [0.15, 0.2) is 9.84 Å². The highest BCUT2D eigenvalue weighted by molar-refractivity contribution is 7.91. The second-order valence-corrected chi connectivity index (χ2v) is 9.33. The summed E-state index contributed by atoms with van der Waals surface area (Å²) in [7, 11) is -3.26. The molecule has 1 fully saturated rings. The molecule has 0 radical (unpaired) electrons. The van der Waals surface area contributed by atoms with Crippen molar-refractivity contribution >= 4 is 26.7 Å². The Kier molecular flexibility index (Phi) is 4.96. The fraction of sp³-hybridized carbons (Fsp3) is 0.238. The first kappa shape index (κ1) is 19.3. The van der Waals surface area contributed by atoms with Crippen molar-refractivity contribution in [2.24, 2.45) is 0 Å². The van der Waals surface area contributed by atoms with Crippen LogP contribution in [0.1, 0.15) is 22.3 Å². The Morgan fingerprint density at radius 2 is 1.86 bits per heavy atom. The van der Waals surface area contributed by atoms with Crippen LogP contribution in [-0.2, 0) is 16.4 Å². The Labute approximate surface area is 166 Å². The van der Waals surface area contributed by atoms with Gasteiger partial charge >= 0.3 is 5.63 Å². The van der Waals surface area contributed by atoms with Gasteiger partial charge in [-0.05, 0) is 36.2 Å². The van der Waals surface area contributed by atoms with Crippen LogP contribution in [0.25, 0.3) is 11.0 Å². The second kappa shape index (κ2) is 7.44. The third-order valence-electron chi connectivity index (χ3n) is 5.05. The molecule has 2 heterocycles. The van der Waals surface area contributed by atoms with E-state index in [0.717, 1.165) is 0 Å². The molecule has 1 aliphatic heterocycles. The first-order chi connectivity index (χ1) is 13.8. The molecule has 6 nitrogen and oxygen atoms in total. The molecule has 0 saturated carbocycles. The van der Waals surface area contributed by atoms with Gasteiger partial charge in [0.05, 0.1) is 11.5 Å². The van der Waals surface area contributed by atoms with Crippen LogP contribution < -0.4 is 5.63 Å². The summed E-state index contributed by atoms with van der Waals surface area (Å²) in [6.07, 6.45) is 0.286. The van der Waals surface area contributed by atoms with E-state index in [1.165, 1.54) is 35.2 Å². The summed E-state index contributed by atoms with van der Waals surface area (Å²) in [5, 5.41) is 0.594. The first-order valence-electron chi connectivity index (χ1n) is 9.11. The van der Waals surface area contributed by atoms with Crippen molar-refractivity contribution in [3.05, 3.63) is 82.0 Å². The van der Waals surface area contributed by atoms with Gasteiger partial charge in [-0.2, -0.15) is 0 Å². The fourth-order valence-electron chi connectivity index (χ4n) is 3.54. The quantitative estimate of drug-likeness (QED) is 0.612. The number of rotatable bonds is 4. The average molecular weight is 415 g/mol. The van der Waals surface area contributed by atoms with E-state index in [1.54, 1.807) is 24.3 Å². The monoisotopic (exact) mass is 415 g/mol. The highest BCUT2D eigenvalue weighted by atomic mass is 32.2. The van der Waals surface area contributed by atoms with E-state index in [2.05, 4.69) is 0 Å². The molecule has 150 valence electrons. The van der Waals surface area contributed by atoms with Crippen molar-refractivity contribution in [2.45, 2.75) is 19.0 Å². The smallest absolute Gasteiger partial charge is 0.349 e. The zero-order valence-corrected chi connectivity index (χ0v) is 16.2. The zero-order valence-electron chi connectivity index (χ0n) is 15.4. The molecular weight excluding hydrogens is 397 g/mol. The molecule has 1 atom stereocenters. The van der Waals surface area contributed by atoms with Crippen molar-refractivity contribution < 1.29 is 22.0 Å². The molecule has 29 heavy (non-hydrogen) atoms. The summed E-state index contributed by atoms with van der Waals surface area (Å²) in [5.74, 6) is -1.20. The van der Waals surface area contributed by atoms with Crippen molar-refractivity contribution in [3.63, 3.8) is 0 Å². The van der Waals surface area contributed by atoms with Gasteiger partial charge in [0, 0.05) is 18.0 Å². The maximum absolute atomic E-state index is 13.3. The predicted octanol–water partition coefficient (Wildman–Crippen LogP) is 2.76. The SMILES string of the molecule is O=C(c1cc2ccccc2oc1=O)N(Cc1ccc(F)cc1)[C@H]1CCS(=O)(=O)C1. The van der Waals surface area contributed by atoms with Crippen LogP contribution in [0.15, 0.2) is 63.8 Å². The molecule has 0 aliphatic carbocycles. The Balaban J connectivity index is 1.73. The lowest BCUT2D eigenvalue weighted by Crippen LogP contribution is -2.42. The van der Waals surface area contributed by atoms with E-state index in [0.29, 0.717) is 16.5 Å². The third kappa shape index (κ3) is 4.07. The summed E-state index contributed by atoms with van der Waals surface area (Å²) < 4.78 is 42.5. The lowest BCUT2D eigenvalue weighted by Gasteiger charge is -2.28. The number of amides is 1. The molecule has 0 bridgehead atoms. The number of hydrogen-bond acceptors (Lipinski definition) is 5. The molecule has 1 saturated heterocycles. The molecule has 1 aromatic heterocycles. The van der Waals surface area contributed by atoms with Crippen molar-refractivity contribution in [2.75, 3.05) is 11.5 Å². The number of fused-ring (bicyclic) bond motifs is 1. The maximum atomic E-state index is 13.3. The number of para-hydroxylation sites is 1. The van der Waals surface area contributed by atoms with Crippen LogP contribution in [0.3, 0.4) is 0 Å². The molecule has 1 amide bonds. The Hall–Kier alpha value is -3.00. The molecule has 8 heteroatoms. The van der Waals surface area contributed by atoms with Gasteiger partial charge in [0.1, 0.15) is 17.0 Å². The maximum Gasteiger partial charge on any atom is 0.349 e. The van der Waals surface area contributed by atoms with Crippen LogP contribution in [0, 0.1) is 5.82 Å². The van der Waals surface area contributed by atoms with E-state index < -0.39 is 33.2 Å². The summed E-state index contributed by atoms with van der Waals surface area (Å²) >= 11 is 0. The fourth-order valence-corrected chi connectivity index (χ4v) is 5.27. The van der Waals surface area contributed by atoms with Gasteiger partial charge < -0.3 is 9.32 Å². The van der Waals surface area contributed by atoms with Gasteiger partial charge in [-0.3, -0.25) is 4.79 Å². The van der Waals surface area contributed by atoms with Crippen molar-refractivity contribution in [1.29, 1.82) is 0 Å². The zero-order chi connectivity index (χ0) is 20.6. The first-order valence-corrected chi connectivity index (χ1v) is 10.9. The lowest BCUT2D eigenvalue weighted by atomic mass is 10.1. The largest absolute Gasteiger partial charge is 0.422 e. The number of nitrogens with zero attached hydrogens (tertiary/aromatic N) is 1. The highest BCUT2D eigenvalue weighted by Gasteiger charge is 2.36. The van der Waals surface area contributed by atoms with Gasteiger partial charge in [0.2, 0.25) is 0 Å². The summed E-state index contributed by atoms with van der Waals surface area (Å²) in [4.78, 5) is 27.1. The van der Waals surface area contributed by atoms with E-state index in [9.17, 15) is 22.4 Å². The van der Waals surface area contributed by atoms with Gasteiger partial charge in [0.25, 0.3) is 5.91 Å². The third-order valence-corrected chi connectivity index (χ3v) is 6.80. The molecular formula is C21H18FNO5S. The van der Waals surface area contributed by atoms with E-state index in [1.807, 2.05) is 0 Å². The van der Waals surface area contributed by atoms with E-state index >= 15 is 0 Å². The number of carbonyl (C=O) groups excluding carboxylic acids is 1. The van der Waals surface area contributed by atoms with Gasteiger partial charge in [-0.1, -0.05) is 30.3 Å². The van der Waals surface area contributed by atoms with Crippen molar-refractivity contribution in [3.8, 4) is 0 Å². The number of halogens is 1. The lowest BCUT2D eigenvalue weighted by molar-refractivity contribution is 0.0676. The summed E-state index contributed by atoms with van der Waals surface area (Å²) in [5.41, 5.74) is 0.0607. The minimum atomic E-state index is -3.26. The highest BCUT2D eigenvalue weighted by Crippen LogP contribution is 2.23. The summed E-state index contributed by atoms with van der Waals surface area (Å²) in [6, 6.07) is 13.3. The molecule has 1 aliphatic rings. The number of benzene rings is 2. The predicted molar refractivity (Wildman–Crippen MR) is 106 cm³/mol. The number of carbonyl (C=O) groups is 1. The average Bonchev–Trinajstić information content (AvgIpc) is 3.06. The molecule has 4 rings (SSSR count). The molecule has 0 spiro atoms. The van der Waals surface area contributed by atoms with Crippen LogP contribution in [0.2, 0.25) is 0 Å². The number of sulfone groups is 1. The van der Waals surface area contributed by atoms with Crippen LogP contribution in [0.5, 0.6) is 0 Å². The van der Waals surface area contributed by atoms with E-state index in [4.69, 9.17) is 4.42 Å². The topological polar surface area (TPSA) is 84.7 Å². The second-order valence-electron chi connectivity index (χ2n) is 7.10. The molecule has 0 unspecified atom stereocenters.